The Bertz CT molecular complexity index is 286. The molecular formula is C10H12N2O. The van der Waals surface area contributed by atoms with Gasteiger partial charge in [-0.05, 0) is 18.6 Å². The number of hydrogen-bond donors (Lipinski definition) is 0. The molecule has 0 aromatic carbocycles. The van der Waals surface area contributed by atoms with Crippen molar-refractivity contribution < 1.29 is 4.79 Å². The predicted octanol–water partition coefficient (Wildman–Crippen LogP) is 1.11. The van der Waals surface area contributed by atoms with Gasteiger partial charge in [-0.25, -0.2) is 0 Å². The van der Waals surface area contributed by atoms with Crippen LogP contribution in [0.3, 0.4) is 0 Å². The second-order valence-electron chi connectivity index (χ2n) is 3.34. The highest BCUT2D eigenvalue weighted by atomic mass is 16.1. The smallest absolute Gasteiger partial charge is 0.124 e. The van der Waals surface area contributed by atoms with E-state index in [0.29, 0.717) is 0 Å². The first-order valence-corrected chi connectivity index (χ1v) is 4.50. The zero-order valence-corrected chi connectivity index (χ0v) is 7.39. The molecule has 1 aromatic rings. The molecule has 0 bridgehead atoms. The summed E-state index contributed by atoms with van der Waals surface area (Å²) in [4.78, 5) is 16.8. The Labute approximate surface area is 77.4 Å². The highest BCUT2D eigenvalue weighted by molar-refractivity contribution is 5.58. The summed E-state index contributed by atoms with van der Waals surface area (Å²) in [6.07, 6.45) is 5.62. The molecule has 13 heavy (non-hydrogen) atoms. The van der Waals surface area contributed by atoms with Crippen molar-refractivity contribution in [1.82, 2.24) is 4.98 Å². The van der Waals surface area contributed by atoms with Gasteiger partial charge in [0.1, 0.15) is 6.29 Å². The van der Waals surface area contributed by atoms with Crippen molar-refractivity contribution >= 4 is 12.0 Å². The maximum Gasteiger partial charge on any atom is 0.124 e. The van der Waals surface area contributed by atoms with Crippen LogP contribution in [0.5, 0.6) is 0 Å². The number of aldehydes is 1. The van der Waals surface area contributed by atoms with Crippen LogP contribution in [-0.2, 0) is 4.79 Å². The molecule has 1 aliphatic heterocycles. The molecule has 1 fully saturated rings. The van der Waals surface area contributed by atoms with E-state index in [-0.39, 0.29) is 5.92 Å². The van der Waals surface area contributed by atoms with Crippen molar-refractivity contribution in [2.45, 2.75) is 6.42 Å². The van der Waals surface area contributed by atoms with Crippen molar-refractivity contribution in [3.8, 4) is 0 Å². The lowest BCUT2D eigenvalue weighted by molar-refractivity contribution is -0.110. The van der Waals surface area contributed by atoms with Gasteiger partial charge in [0.05, 0.1) is 11.9 Å². The van der Waals surface area contributed by atoms with Crippen molar-refractivity contribution in [3.05, 3.63) is 24.5 Å². The molecule has 0 aliphatic carbocycles. The molecule has 1 saturated heterocycles. The zero-order valence-electron chi connectivity index (χ0n) is 7.39. The predicted molar refractivity (Wildman–Crippen MR) is 50.6 cm³/mol. The highest BCUT2D eigenvalue weighted by Gasteiger charge is 2.21. The Morgan fingerprint density at radius 1 is 1.62 bits per heavy atom. The fourth-order valence-electron chi connectivity index (χ4n) is 1.67. The molecule has 2 rings (SSSR count). The van der Waals surface area contributed by atoms with Crippen LogP contribution in [0.25, 0.3) is 0 Å². The topological polar surface area (TPSA) is 33.2 Å². The normalized spacial score (nSPS) is 21.8. The molecule has 0 amide bonds. The van der Waals surface area contributed by atoms with Gasteiger partial charge in [-0.2, -0.15) is 0 Å². The minimum absolute atomic E-state index is 0.209. The molecule has 0 N–H and O–H groups in total. The molecule has 1 atom stereocenters. The van der Waals surface area contributed by atoms with Gasteiger partial charge in [-0.15, -0.1) is 0 Å². The lowest BCUT2D eigenvalue weighted by Crippen LogP contribution is -2.19. The summed E-state index contributed by atoms with van der Waals surface area (Å²) >= 11 is 0. The summed E-state index contributed by atoms with van der Waals surface area (Å²) in [5.41, 5.74) is 1.12. The molecule has 1 aliphatic rings. The van der Waals surface area contributed by atoms with Crippen LogP contribution in [0.2, 0.25) is 0 Å². The van der Waals surface area contributed by atoms with Crippen LogP contribution in [0.1, 0.15) is 6.42 Å². The molecule has 2 heterocycles. The van der Waals surface area contributed by atoms with Crippen LogP contribution in [0.4, 0.5) is 5.69 Å². The molecular weight excluding hydrogens is 164 g/mol. The standard InChI is InChI=1S/C10H12N2O/c13-8-9-3-5-12(7-9)10-2-1-4-11-6-10/h1-2,4,6,8-9H,3,5,7H2/t9-/m0/s1. The van der Waals surface area contributed by atoms with Gasteiger partial charge in [-0.3, -0.25) is 4.98 Å². The third kappa shape index (κ3) is 1.69. The summed E-state index contributed by atoms with van der Waals surface area (Å²) < 4.78 is 0. The van der Waals surface area contributed by atoms with Crippen LogP contribution in [-0.4, -0.2) is 24.4 Å². The Hall–Kier alpha value is -1.38. The van der Waals surface area contributed by atoms with Gasteiger partial charge in [0.15, 0.2) is 0 Å². The quantitative estimate of drug-likeness (QED) is 0.633. The van der Waals surface area contributed by atoms with Crippen LogP contribution >= 0.6 is 0 Å². The fraction of sp³-hybridized carbons (Fsp3) is 0.400. The minimum Gasteiger partial charge on any atom is -0.370 e. The average Bonchev–Trinajstić information content (AvgIpc) is 2.67. The van der Waals surface area contributed by atoms with E-state index >= 15 is 0 Å². The lowest BCUT2D eigenvalue weighted by atomic mass is 10.1. The number of pyridine rings is 1. The van der Waals surface area contributed by atoms with Gasteiger partial charge < -0.3 is 9.69 Å². The van der Waals surface area contributed by atoms with Gasteiger partial charge in [-0.1, -0.05) is 0 Å². The largest absolute Gasteiger partial charge is 0.370 e. The van der Waals surface area contributed by atoms with E-state index in [1.807, 2.05) is 18.3 Å². The van der Waals surface area contributed by atoms with Crippen molar-refractivity contribution in [2.75, 3.05) is 18.0 Å². The monoisotopic (exact) mass is 176 g/mol. The number of anilines is 1. The number of rotatable bonds is 2. The summed E-state index contributed by atoms with van der Waals surface area (Å²) in [6, 6.07) is 3.95. The molecule has 0 saturated carbocycles. The number of hydrogen-bond acceptors (Lipinski definition) is 3. The van der Waals surface area contributed by atoms with Crippen LogP contribution in [0.15, 0.2) is 24.5 Å². The molecule has 3 heteroatoms. The van der Waals surface area contributed by atoms with Crippen LogP contribution < -0.4 is 4.90 Å². The molecule has 0 spiro atoms. The average molecular weight is 176 g/mol. The maximum absolute atomic E-state index is 10.5. The maximum atomic E-state index is 10.5. The zero-order chi connectivity index (χ0) is 9.10. The summed E-state index contributed by atoms with van der Waals surface area (Å²) in [6.45, 7) is 1.81. The van der Waals surface area contributed by atoms with E-state index in [1.54, 1.807) is 6.20 Å². The number of aromatic nitrogens is 1. The second-order valence-corrected chi connectivity index (χ2v) is 3.34. The molecule has 1 aromatic heterocycles. The third-order valence-electron chi connectivity index (χ3n) is 2.43. The Kier molecular flexibility index (Phi) is 2.25. The fourth-order valence-corrected chi connectivity index (χ4v) is 1.67. The van der Waals surface area contributed by atoms with Gasteiger partial charge in [0.2, 0.25) is 0 Å². The first-order chi connectivity index (χ1) is 6.40. The third-order valence-corrected chi connectivity index (χ3v) is 2.43. The summed E-state index contributed by atoms with van der Waals surface area (Å²) in [5.74, 6) is 0.209. The van der Waals surface area contributed by atoms with Crippen molar-refractivity contribution in [1.29, 1.82) is 0 Å². The van der Waals surface area contributed by atoms with E-state index in [0.717, 1.165) is 31.5 Å². The van der Waals surface area contributed by atoms with Crippen LogP contribution in [0, 0.1) is 5.92 Å². The van der Waals surface area contributed by atoms with E-state index in [2.05, 4.69) is 9.88 Å². The number of nitrogens with zero attached hydrogens (tertiary/aromatic N) is 2. The van der Waals surface area contributed by atoms with Gasteiger partial charge in [0.25, 0.3) is 0 Å². The van der Waals surface area contributed by atoms with E-state index < -0.39 is 0 Å². The SMILES string of the molecule is O=C[C@H]1CCN(c2cccnc2)C1. The van der Waals surface area contributed by atoms with E-state index in [1.165, 1.54) is 0 Å². The van der Waals surface area contributed by atoms with E-state index in [9.17, 15) is 4.79 Å². The first-order valence-electron chi connectivity index (χ1n) is 4.50. The Morgan fingerprint density at radius 3 is 3.15 bits per heavy atom. The first kappa shape index (κ1) is 8.23. The van der Waals surface area contributed by atoms with Gasteiger partial charge >= 0.3 is 0 Å². The summed E-state index contributed by atoms with van der Waals surface area (Å²) in [5, 5.41) is 0. The number of carbonyl (C=O) groups excluding carboxylic acids is 1. The minimum atomic E-state index is 0.209. The molecule has 3 nitrogen and oxygen atoms in total. The van der Waals surface area contributed by atoms with Crippen molar-refractivity contribution in [2.24, 2.45) is 5.92 Å². The van der Waals surface area contributed by atoms with E-state index in [4.69, 9.17) is 0 Å². The summed E-state index contributed by atoms with van der Waals surface area (Å²) in [7, 11) is 0. The Morgan fingerprint density at radius 2 is 2.54 bits per heavy atom. The molecule has 68 valence electrons. The highest BCUT2D eigenvalue weighted by Crippen LogP contribution is 2.21. The van der Waals surface area contributed by atoms with Crippen molar-refractivity contribution in [3.63, 3.8) is 0 Å². The molecule has 0 unspecified atom stereocenters. The lowest BCUT2D eigenvalue weighted by Gasteiger charge is -2.16. The number of carbonyl (C=O) groups is 1. The molecule has 0 radical (unpaired) electrons. The second kappa shape index (κ2) is 3.56. The van der Waals surface area contributed by atoms with Gasteiger partial charge in [0, 0.05) is 25.2 Å². The Balaban J connectivity index is 2.08.